The van der Waals surface area contributed by atoms with Crippen LogP contribution in [0.2, 0.25) is 0 Å². The lowest BCUT2D eigenvalue weighted by Crippen LogP contribution is -2.28. The van der Waals surface area contributed by atoms with Crippen LogP contribution in [0.1, 0.15) is 28.8 Å². The van der Waals surface area contributed by atoms with Crippen molar-refractivity contribution in [1.29, 1.82) is 0 Å². The molecule has 0 spiro atoms. The van der Waals surface area contributed by atoms with Crippen LogP contribution in [0, 0.1) is 6.92 Å². The van der Waals surface area contributed by atoms with Crippen LogP contribution >= 0.6 is 0 Å². The number of carbonyl (C=O) groups excluding carboxylic acids is 1. The predicted octanol–water partition coefficient (Wildman–Crippen LogP) is 1.95. The van der Waals surface area contributed by atoms with Crippen LogP contribution in [0.25, 0.3) is 0 Å². The first-order valence-electron chi connectivity index (χ1n) is 6.60. The van der Waals surface area contributed by atoms with E-state index in [-0.39, 0.29) is 12.3 Å². The average Bonchev–Trinajstić information content (AvgIpc) is 2.46. The summed E-state index contributed by atoms with van der Waals surface area (Å²) < 4.78 is 10.5. The molecule has 6 heteroatoms. The maximum atomic E-state index is 12.3. The maximum Gasteiger partial charge on any atom is 0.303 e. The van der Waals surface area contributed by atoms with Gasteiger partial charge in [-0.25, -0.2) is 0 Å². The summed E-state index contributed by atoms with van der Waals surface area (Å²) in [5.74, 6) is 0.0970. The first-order chi connectivity index (χ1) is 9.90. The van der Waals surface area contributed by atoms with Gasteiger partial charge in [-0.3, -0.25) is 9.59 Å². The topological polar surface area (TPSA) is 76.1 Å². The Balaban J connectivity index is 2.88. The lowest BCUT2D eigenvalue weighted by molar-refractivity contribution is -0.137. The third-order valence-electron chi connectivity index (χ3n) is 3.23. The van der Waals surface area contributed by atoms with E-state index >= 15 is 0 Å². The summed E-state index contributed by atoms with van der Waals surface area (Å²) in [5, 5.41) is 8.61. The first kappa shape index (κ1) is 16.8. The molecule has 1 aromatic rings. The molecule has 21 heavy (non-hydrogen) atoms. The monoisotopic (exact) mass is 295 g/mol. The van der Waals surface area contributed by atoms with Crippen LogP contribution in [0.5, 0.6) is 11.5 Å². The number of carbonyl (C=O) groups is 2. The van der Waals surface area contributed by atoms with Gasteiger partial charge in [-0.15, -0.1) is 0 Å². The molecule has 0 saturated carbocycles. The van der Waals surface area contributed by atoms with Crippen LogP contribution in [0.4, 0.5) is 0 Å². The van der Waals surface area contributed by atoms with E-state index in [2.05, 4.69) is 0 Å². The fourth-order valence-electron chi connectivity index (χ4n) is 2.00. The molecule has 1 N–H and O–H groups in total. The van der Waals surface area contributed by atoms with E-state index in [0.717, 1.165) is 5.56 Å². The number of nitrogens with zero attached hydrogens (tertiary/aromatic N) is 1. The minimum Gasteiger partial charge on any atom is -0.496 e. The second kappa shape index (κ2) is 7.52. The highest BCUT2D eigenvalue weighted by molar-refractivity contribution is 5.95. The number of hydrogen-bond donors (Lipinski definition) is 1. The summed E-state index contributed by atoms with van der Waals surface area (Å²) in [5.41, 5.74) is 1.28. The molecule has 116 valence electrons. The molecular weight excluding hydrogens is 274 g/mol. The molecule has 0 fully saturated rings. The van der Waals surface area contributed by atoms with E-state index in [1.165, 1.54) is 19.1 Å². The summed E-state index contributed by atoms with van der Waals surface area (Å²) in [4.78, 5) is 24.3. The van der Waals surface area contributed by atoms with E-state index in [1.807, 2.05) is 6.92 Å². The van der Waals surface area contributed by atoms with Crippen molar-refractivity contribution in [3.05, 3.63) is 23.3 Å². The molecule has 1 rings (SSSR count). The van der Waals surface area contributed by atoms with Crippen molar-refractivity contribution in [2.75, 3.05) is 27.8 Å². The number of carboxylic acids is 1. The highest BCUT2D eigenvalue weighted by atomic mass is 16.5. The quantitative estimate of drug-likeness (QED) is 0.832. The van der Waals surface area contributed by atoms with Gasteiger partial charge in [0.25, 0.3) is 5.91 Å². The normalized spacial score (nSPS) is 10.1. The van der Waals surface area contributed by atoms with Crippen molar-refractivity contribution in [2.24, 2.45) is 0 Å². The van der Waals surface area contributed by atoms with Crippen LogP contribution < -0.4 is 9.47 Å². The highest BCUT2D eigenvalue weighted by Gasteiger charge is 2.16. The zero-order chi connectivity index (χ0) is 16.0. The minimum absolute atomic E-state index is 0.0398. The van der Waals surface area contributed by atoms with Crippen molar-refractivity contribution in [3.63, 3.8) is 0 Å². The summed E-state index contributed by atoms with van der Waals surface area (Å²) >= 11 is 0. The van der Waals surface area contributed by atoms with E-state index in [9.17, 15) is 9.59 Å². The van der Waals surface area contributed by atoms with Crippen molar-refractivity contribution >= 4 is 11.9 Å². The van der Waals surface area contributed by atoms with E-state index in [0.29, 0.717) is 30.0 Å². The number of aliphatic carboxylic acids is 1. The van der Waals surface area contributed by atoms with Crippen molar-refractivity contribution < 1.29 is 24.2 Å². The maximum absolute atomic E-state index is 12.3. The van der Waals surface area contributed by atoms with Gasteiger partial charge in [0.1, 0.15) is 11.5 Å². The molecular formula is C15H21NO5. The summed E-state index contributed by atoms with van der Waals surface area (Å²) in [6.45, 7) is 2.23. The number of ether oxygens (including phenoxy) is 2. The van der Waals surface area contributed by atoms with Crippen molar-refractivity contribution in [3.8, 4) is 11.5 Å². The molecule has 0 saturated heterocycles. The van der Waals surface area contributed by atoms with Gasteiger partial charge in [0.2, 0.25) is 0 Å². The van der Waals surface area contributed by atoms with Gasteiger partial charge in [0.05, 0.1) is 14.2 Å². The molecule has 1 aromatic carbocycles. The van der Waals surface area contributed by atoms with E-state index < -0.39 is 5.97 Å². The standard InChI is InChI=1S/C15H21NO5/c1-10-12(20-3)8-11(9-13(10)21-4)15(19)16(2)7-5-6-14(17)18/h8-9H,5-7H2,1-4H3,(H,17,18). The largest absolute Gasteiger partial charge is 0.496 e. The number of benzene rings is 1. The third-order valence-corrected chi connectivity index (χ3v) is 3.23. The van der Waals surface area contributed by atoms with Crippen LogP contribution in [-0.2, 0) is 4.79 Å². The molecule has 0 aliphatic carbocycles. The lowest BCUT2D eigenvalue weighted by atomic mass is 10.1. The smallest absolute Gasteiger partial charge is 0.303 e. The zero-order valence-electron chi connectivity index (χ0n) is 12.8. The first-order valence-corrected chi connectivity index (χ1v) is 6.60. The van der Waals surface area contributed by atoms with Gasteiger partial charge >= 0.3 is 5.97 Å². The third kappa shape index (κ3) is 4.37. The molecule has 6 nitrogen and oxygen atoms in total. The summed E-state index contributed by atoms with van der Waals surface area (Å²) in [6.07, 6.45) is 0.454. The van der Waals surface area contributed by atoms with Gasteiger partial charge in [-0.1, -0.05) is 0 Å². The number of rotatable bonds is 7. The number of hydrogen-bond acceptors (Lipinski definition) is 4. The van der Waals surface area contributed by atoms with Crippen LogP contribution in [-0.4, -0.2) is 49.7 Å². The predicted molar refractivity (Wildman–Crippen MR) is 78.1 cm³/mol. The van der Waals surface area contributed by atoms with Gasteiger partial charge in [-0.2, -0.15) is 0 Å². The zero-order valence-corrected chi connectivity index (χ0v) is 12.8. The molecule has 0 aromatic heterocycles. The Morgan fingerprint density at radius 2 is 1.71 bits per heavy atom. The Kier molecular flexibility index (Phi) is 6.02. The van der Waals surface area contributed by atoms with E-state index in [1.54, 1.807) is 19.2 Å². The van der Waals surface area contributed by atoms with Crippen LogP contribution in [0.3, 0.4) is 0 Å². The van der Waals surface area contributed by atoms with Crippen LogP contribution in [0.15, 0.2) is 12.1 Å². The number of methoxy groups -OCH3 is 2. The molecule has 0 heterocycles. The second-order valence-electron chi connectivity index (χ2n) is 4.73. The molecule has 0 aliphatic heterocycles. The SMILES string of the molecule is COc1cc(C(=O)N(C)CCCC(=O)O)cc(OC)c1C. The summed E-state index contributed by atoms with van der Waals surface area (Å²) in [7, 11) is 4.71. The van der Waals surface area contributed by atoms with Gasteiger partial charge in [-0.05, 0) is 25.5 Å². The van der Waals surface area contributed by atoms with Crippen molar-refractivity contribution in [2.45, 2.75) is 19.8 Å². The Bertz CT molecular complexity index is 502. The number of carboxylic acid groups (broad SMARTS) is 1. The van der Waals surface area contributed by atoms with Gasteiger partial charge in [0, 0.05) is 31.1 Å². The Hall–Kier alpha value is -2.24. The Morgan fingerprint density at radius 1 is 1.19 bits per heavy atom. The molecule has 0 atom stereocenters. The summed E-state index contributed by atoms with van der Waals surface area (Å²) in [6, 6.07) is 3.32. The molecule has 0 unspecified atom stereocenters. The van der Waals surface area contributed by atoms with E-state index in [4.69, 9.17) is 14.6 Å². The fourth-order valence-corrected chi connectivity index (χ4v) is 2.00. The second-order valence-corrected chi connectivity index (χ2v) is 4.73. The van der Waals surface area contributed by atoms with Crippen molar-refractivity contribution in [1.82, 2.24) is 4.90 Å². The number of amides is 1. The lowest BCUT2D eigenvalue weighted by Gasteiger charge is -2.18. The molecule has 0 bridgehead atoms. The highest BCUT2D eigenvalue weighted by Crippen LogP contribution is 2.29. The molecule has 0 radical (unpaired) electrons. The fraction of sp³-hybridized carbons (Fsp3) is 0.467. The van der Waals surface area contributed by atoms with Gasteiger partial charge < -0.3 is 19.5 Å². The van der Waals surface area contributed by atoms with Gasteiger partial charge in [0.15, 0.2) is 0 Å². The Morgan fingerprint density at radius 3 is 2.14 bits per heavy atom. The minimum atomic E-state index is -0.866. The average molecular weight is 295 g/mol. The Labute approximate surface area is 124 Å². The molecule has 1 amide bonds. The molecule has 0 aliphatic rings.